The summed E-state index contributed by atoms with van der Waals surface area (Å²) in [6.45, 7) is 2.91. The van der Waals surface area contributed by atoms with Crippen LogP contribution in [-0.4, -0.2) is 12.5 Å². The molecule has 0 atom stereocenters. The van der Waals surface area contributed by atoms with E-state index in [1.165, 1.54) is 5.56 Å². The highest BCUT2D eigenvalue weighted by atomic mass is 16.1. The molecule has 4 nitrogen and oxygen atoms in total. The number of nitrogens with zero attached hydrogens (tertiary/aromatic N) is 1. The van der Waals surface area contributed by atoms with Crippen molar-refractivity contribution in [1.29, 1.82) is 5.26 Å². The van der Waals surface area contributed by atoms with E-state index in [2.05, 4.69) is 16.7 Å². The Morgan fingerprint density at radius 1 is 1.19 bits per heavy atom. The fourth-order valence-electron chi connectivity index (χ4n) is 2.01. The highest BCUT2D eigenvalue weighted by Gasteiger charge is 2.03. The minimum absolute atomic E-state index is 0.127. The zero-order valence-corrected chi connectivity index (χ0v) is 11.9. The molecule has 0 saturated carbocycles. The van der Waals surface area contributed by atoms with Gasteiger partial charge in [0.2, 0.25) is 5.91 Å². The number of amides is 1. The van der Waals surface area contributed by atoms with Crippen molar-refractivity contribution in [1.82, 2.24) is 5.32 Å². The van der Waals surface area contributed by atoms with Gasteiger partial charge in [0.15, 0.2) is 0 Å². The summed E-state index contributed by atoms with van der Waals surface area (Å²) >= 11 is 0. The fraction of sp³-hybridized carbons (Fsp3) is 0.176. The first-order chi connectivity index (χ1) is 10.2. The Labute approximate surface area is 124 Å². The van der Waals surface area contributed by atoms with E-state index in [9.17, 15) is 4.79 Å². The average Bonchev–Trinajstić information content (AvgIpc) is 2.47. The zero-order valence-electron chi connectivity index (χ0n) is 11.9. The van der Waals surface area contributed by atoms with Crippen molar-refractivity contribution >= 4 is 11.6 Å². The van der Waals surface area contributed by atoms with Crippen molar-refractivity contribution < 1.29 is 4.79 Å². The molecule has 2 aromatic carbocycles. The van der Waals surface area contributed by atoms with Gasteiger partial charge in [-0.2, -0.15) is 5.26 Å². The summed E-state index contributed by atoms with van der Waals surface area (Å²) in [5.41, 5.74) is 3.51. The van der Waals surface area contributed by atoms with E-state index < -0.39 is 0 Å². The Hall–Kier alpha value is -2.64. The van der Waals surface area contributed by atoms with Gasteiger partial charge in [0.1, 0.15) is 0 Å². The Morgan fingerprint density at radius 2 is 2.00 bits per heavy atom. The van der Waals surface area contributed by atoms with Gasteiger partial charge in [0, 0.05) is 12.2 Å². The minimum Gasteiger partial charge on any atom is -0.325 e. The van der Waals surface area contributed by atoms with Crippen LogP contribution in [0.5, 0.6) is 0 Å². The second kappa shape index (κ2) is 7.22. The van der Waals surface area contributed by atoms with Crippen molar-refractivity contribution in [3.8, 4) is 6.07 Å². The molecule has 0 fully saturated rings. The maximum absolute atomic E-state index is 11.8. The van der Waals surface area contributed by atoms with Gasteiger partial charge in [-0.15, -0.1) is 0 Å². The number of benzene rings is 2. The zero-order chi connectivity index (χ0) is 15.1. The van der Waals surface area contributed by atoms with Crippen LogP contribution in [0.25, 0.3) is 0 Å². The van der Waals surface area contributed by atoms with E-state index in [1.54, 1.807) is 24.3 Å². The maximum Gasteiger partial charge on any atom is 0.238 e. The summed E-state index contributed by atoms with van der Waals surface area (Å²) in [6, 6.07) is 17.0. The normalized spacial score (nSPS) is 9.90. The smallest absolute Gasteiger partial charge is 0.238 e. The average molecular weight is 279 g/mol. The summed E-state index contributed by atoms with van der Waals surface area (Å²) in [5.74, 6) is -0.127. The Kier molecular flexibility index (Phi) is 5.08. The van der Waals surface area contributed by atoms with E-state index >= 15 is 0 Å². The first-order valence-electron chi connectivity index (χ1n) is 6.73. The van der Waals surface area contributed by atoms with Crippen molar-refractivity contribution in [3.05, 3.63) is 65.2 Å². The summed E-state index contributed by atoms with van der Waals surface area (Å²) in [5, 5.41) is 14.7. The molecule has 0 bridgehead atoms. The quantitative estimate of drug-likeness (QED) is 0.884. The van der Waals surface area contributed by atoms with Crippen LogP contribution < -0.4 is 10.6 Å². The second-order valence-electron chi connectivity index (χ2n) is 4.83. The largest absolute Gasteiger partial charge is 0.325 e. The summed E-state index contributed by atoms with van der Waals surface area (Å²) in [4.78, 5) is 11.8. The minimum atomic E-state index is -0.127. The number of carbonyl (C=O) groups excluding carboxylic acids is 1. The number of hydrogen-bond acceptors (Lipinski definition) is 3. The SMILES string of the molecule is Cc1cccc(CNCC(=O)Nc2cccc(C#N)c2)c1. The molecule has 0 radical (unpaired) electrons. The van der Waals surface area contributed by atoms with E-state index in [0.717, 1.165) is 5.56 Å². The topological polar surface area (TPSA) is 64.9 Å². The highest BCUT2D eigenvalue weighted by molar-refractivity contribution is 5.92. The third kappa shape index (κ3) is 4.75. The van der Waals surface area contributed by atoms with Crippen molar-refractivity contribution in [2.75, 3.05) is 11.9 Å². The predicted molar refractivity (Wildman–Crippen MR) is 82.7 cm³/mol. The lowest BCUT2D eigenvalue weighted by atomic mass is 10.1. The second-order valence-corrected chi connectivity index (χ2v) is 4.83. The number of rotatable bonds is 5. The number of carbonyl (C=O) groups is 1. The molecule has 2 aromatic rings. The Morgan fingerprint density at radius 3 is 2.76 bits per heavy atom. The predicted octanol–water partition coefficient (Wildman–Crippen LogP) is 2.60. The molecule has 0 aromatic heterocycles. The number of nitriles is 1. The molecule has 4 heteroatoms. The van der Waals surface area contributed by atoms with Crippen LogP contribution in [0.3, 0.4) is 0 Å². The lowest BCUT2D eigenvalue weighted by Gasteiger charge is -2.07. The lowest BCUT2D eigenvalue weighted by Crippen LogP contribution is -2.27. The van der Waals surface area contributed by atoms with E-state index in [0.29, 0.717) is 17.8 Å². The molecular formula is C17H17N3O. The molecule has 1 amide bonds. The summed E-state index contributed by atoms with van der Waals surface area (Å²) < 4.78 is 0. The van der Waals surface area contributed by atoms with Gasteiger partial charge in [0.25, 0.3) is 0 Å². The molecule has 0 unspecified atom stereocenters. The van der Waals surface area contributed by atoms with Crippen molar-refractivity contribution in [2.24, 2.45) is 0 Å². The van der Waals surface area contributed by atoms with E-state index in [1.807, 2.05) is 31.2 Å². The number of aryl methyl sites for hydroxylation is 1. The molecule has 2 rings (SSSR count). The standard InChI is InChI=1S/C17H17N3O/c1-13-4-2-6-15(8-13)11-19-12-17(21)20-16-7-3-5-14(9-16)10-18/h2-9,19H,11-12H2,1H3,(H,20,21). The van der Waals surface area contributed by atoms with Gasteiger partial charge in [-0.1, -0.05) is 35.9 Å². The van der Waals surface area contributed by atoms with Crippen LogP contribution in [0.4, 0.5) is 5.69 Å². The van der Waals surface area contributed by atoms with Gasteiger partial charge >= 0.3 is 0 Å². The molecule has 2 N–H and O–H groups in total. The third-order valence-corrected chi connectivity index (χ3v) is 2.97. The van der Waals surface area contributed by atoms with Crippen LogP contribution in [0.2, 0.25) is 0 Å². The molecule has 0 aliphatic rings. The van der Waals surface area contributed by atoms with Crippen LogP contribution in [0, 0.1) is 18.3 Å². The van der Waals surface area contributed by atoms with Crippen LogP contribution in [0.1, 0.15) is 16.7 Å². The molecule has 0 spiro atoms. The van der Waals surface area contributed by atoms with Crippen LogP contribution in [-0.2, 0) is 11.3 Å². The molecule has 0 aliphatic heterocycles. The van der Waals surface area contributed by atoms with Gasteiger partial charge < -0.3 is 10.6 Å². The summed E-state index contributed by atoms with van der Waals surface area (Å²) in [7, 11) is 0. The first kappa shape index (κ1) is 14.8. The molecular weight excluding hydrogens is 262 g/mol. The first-order valence-corrected chi connectivity index (χ1v) is 6.73. The molecule has 21 heavy (non-hydrogen) atoms. The number of nitrogens with one attached hydrogen (secondary N) is 2. The lowest BCUT2D eigenvalue weighted by molar-refractivity contribution is -0.115. The Balaban J connectivity index is 1.81. The highest BCUT2D eigenvalue weighted by Crippen LogP contribution is 2.09. The van der Waals surface area contributed by atoms with E-state index in [4.69, 9.17) is 5.26 Å². The fourth-order valence-corrected chi connectivity index (χ4v) is 2.01. The third-order valence-electron chi connectivity index (χ3n) is 2.97. The monoisotopic (exact) mass is 279 g/mol. The van der Waals surface area contributed by atoms with Gasteiger partial charge in [-0.3, -0.25) is 4.79 Å². The molecule has 0 saturated heterocycles. The van der Waals surface area contributed by atoms with Gasteiger partial charge in [0.05, 0.1) is 18.2 Å². The summed E-state index contributed by atoms with van der Waals surface area (Å²) in [6.07, 6.45) is 0. The maximum atomic E-state index is 11.8. The number of hydrogen-bond donors (Lipinski definition) is 2. The number of anilines is 1. The molecule has 0 aliphatic carbocycles. The van der Waals surface area contributed by atoms with Gasteiger partial charge in [-0.05, 0) is 30.7 Å². The Bertz CT molecular complexity index is 674. The molecule has 0 heterocycles. The van der Waals surface area contributed by atoms with Gasteiger partial charge in [-0.25, -0.2) is 0 Å². The molecule has 106 valence electrons. The van der Waals surface area contributed by atoms with Crippen LogP contribution in [0.15, 0.2) is 48.5 Å². The van der Waals surface area contributed by atoms with Crippen molar-refractivity contribution in [3.63, 3.8) is 0 Å². The van der Waals surface area contributed by atoms with Crippen molar-refractivity contribution in [2.45, 2.75) is 13.5 Å². The van der Waals surface area contributed by atoms with Crippen LogP contribution >= 0.6 is 0 Å². The van der Waals surface area contributed by atoms with E-state index in [-0.39, 0.29) is 12.5 Å².